The topological polar surface area (TPSA) is 24.8 Å². The number of thioether (sulfide) groups is 1. The van der Waals surface area contributed by atoms with E-state index in [0.717, 1.165) is 29.2 Å². The van der Waals surface area contributed by atoms with Gasteiger partial charge in [0.25, 0.3) is 0 Å². The summed E-state index contributed by atoms with van der Waals surface area (Å²) in [5, 5.41) is 0. The summed E-state index contributed by atoms with van der Waals surface area (Å²) in [5.74, 6) is -0.214. The molecule has 120 valence electrons. The average Bonchev–Trinajstić information content (AvgIpc) is 2.61. The number of anilines is 1. The molecule has 0 saturated carbocycles. The first kappa shape index (κ1) is 16.0. The van der Waals surface area contributed by atoms with Gasteiger partial charge in [0, 0.05) is 24.2 Å². The monoisotopic (exact) mass is 330 g/mol. The summed E-state index contributed by atoms with van der Waals surface area (Å²) < 4.78 is 19.7. The highest BCUT2D eigenvalue weighted by Gasteiger charge is 2.14. The number of para-hydroxylation sites is 1. The Bertz CT molecular complexity index is 699. The van der Waals surface area contributed by atoms with Crippen LogP contribution in [0, 0.1) is 5.82 Å². The lowest BCUT2D eigenvalue weighted by atomic mass is 10.2. The number of benzene rings is 2. The van der Waals surface area contributed by atoms with Crippen LogP contribution in [0.5, 0.6) is 0 Å². The van der Waals surface area contributed by atoms with E-state index in [1.807, 2.05) is 47.6 Å². The van der Waals surface area contributed by atoms with E-state index in [4.69, 9.17) is 4.74 Å². The molecule has 3 nitrogen and oxygen atoms in total. The zero-order chi connectivity index (χ0) is 16.1. The lowest BCUT2D eigenvalue weighted by Gasteiger charge is -2.29. The number of hydrogen-bond donors (Lipinski definition) is 0. The van der Waals surface area contributed by atoms with E-state index in [1.165, 1.54) is 6.07 Å². The molecular weight excluding hydrogens is 311 g/mol. The standard InChI is InChI=1S/C18H19FN2OS/c1-23-18-5-3-2-4-16(18)20-13-14-6-7-17(15(19)12-14)21-8-10-22-11-9-21/h2-7,12-13H,8-11H2,1H3. The molecule has 0 amide bonds. The molecule has 1 saturated heterocycles. The second-order valence-corrected chi connectivity index (χ2v) is 6.09. The molecule has 23 heavy (non-hydrogen) atoms. The molecule has 1 heterocycles. The van der Waals surface area contributed by atoms with Crippen LogP contribution in [-0.2, 0) is 4.74 Å². The van der Waals surface area contributed by atoms with E-state index in [1.54, 1.807) is 18.0 Å². The van der Waals surface area contributed by atoms with Crippen LogP contribution >= 0.6 is 11.8 Å². The van der Waals surface area contributed by atoms with E-state index in [9.17, 15) is 4.39 Å². The smallest absolute Gasteiger partial charge is 0.147 e. The highest BCUT2D eigenvalue weighted by molar-refractivity contribution is 7.98. The minimum Gasteiger partial charge on any atom is -0.378 e. The molecule has 0 aliphatic carbocycles. The largest absolute Gasteiger partial charge is 0.378 e. The number of halogens is 1. The van der Waals surface area contributed by atoms with Gasteiger partial charge < -0.3 is 9.64 Å². The third-order valence-corrected chi connectivity index (χ3v) is 4.55. The van der Waals surface area contributed by atoms with Crippen LogP contribution in [0.25, 0.3) is 0 Å². The fourth-order valence-electron chi connectivity index (χ4n) is 2.54. The van der Waals surface area contributed by atoms with Crippen LogP contribution in [0.15, 0.2) is 52.4 Å². The molecule has 0 aromatic heterocycles. The van der Waals surface area contributed by atoms with Gasteiger partial charge in [-0.3, -0.25) is 4.99 Å². The second-order valence-electron chi connectivity index (χ2n) is 5.24. The van der Waals surface area contributed by atoms with E-state index < -0.39 is 0 Å². The molecule has 1 aliphatic heterocycles. The van der Waals surface area contributed by atoms with Crippen LogP contribution in [0.3, 0.4) is 0 Å². The number of hydrogen-bond acceptors (Lipinski definition) is 4. The Morgan fingerprint density at radius 3 is 2.70 bits per heavy atom. The first-order chi connectivity index (χ1) is 11.3. The Morgan fingerprint density at radius 2 is 1.96 bits per heavy atom. The zero-order valence-corrected chi connectivity index (χ0v) is 13.9. The lowest BCUT2D eigenvalue weighted by Crippen LogP contribution is -2.36. The normalized spacial score (nSPS) is 15.3. The van der Waals surface area contributed by atoms with Crippen molar-refractivity contribution in [2.24, 2.45) is 4.99 Å². The van der Waals surface area contributed by atoms with Crippen LogP contribution in [0.4, 0.5) is 15.8 Å². The quantitative estimate of drug-likeness (QED) is 0.622. The molecule has 1 fully saturated rings. The van der Waals surface area contributed by atoms with Crippen molar-refractivity contribution in [1.82, 2.24) is 0 Å². The molecule has 2 aromatic rings. The summed E-state index contributed by atoms with van der Waals surface area (Å²) in [4.78, 5) is 7.61. The van der Waals surface area contributed by atoms with Crippen molar-refractivity contribution in [3.63, 3.8) is 0 Å². The highest BCUT2D eigenvalue weighted by Crippen LogP contribution is 2.27. The summed E-state index contributed by atoms with van der Waals surface area (Å²) in [7, 11) is 0. The van der Waals surface area contributed by atoms with E-state index in [-0.39, 0.29) is 5.82 Å². The highest BCUT2D eigenvalue weighted by atomic mass is 32.2. The van der Waals surface area contributed by atoms with Crippen molar-refractivity contribution >= 4 is 29.4 Å². The van der Waals surface area contributed by atoms with Gasteiger partial charge in [-0.2, -0.15) is 0 Å². The van der Waals surface area contributed by atoms with Gasteiger partial charge in [0.05, 0.1) is 24.6 Å². The van der Waals surface area contributed by atoms with Crippen molar-refractivity contribution in [3.8, 4) is 0 Å². The SMILES string of the molecule is CSc1ccccc1N=Cc1ccc(N2CCOCC2)c(F)c1. The van der Waals surface area contributed by atoms with Crippen molar-refractivity contribution in [2.75, 3.05) is 37.5 Å². The van der Waals surface area contributed by atoms with Crippen molar-refractivity contribution in [1.29, 1.82) is 0 Å². The van der Waals surface area contributed by atoms with Crippen LogP contribution in [0.1, 0.15) is 5.56 Å². The van der Waals surface area contributed by atoms with Gasteiger partial charge in [0.2, 0.25) is 0 Å². The molecule has 5 heteroatoms. The van der Waals surface area contributed by atoms with E-state index in [2.05, 4.69) is 4.99 Å². The third kappa shape index (κ3) is 3.92. The number of nitrogens with zero attached hydrogens (tertiary/aromatic N) is 2. The Morgan fingerprint density at radius 1 is 1.17 bits per heavy atom. The predicted molar refractivity (Wildman–Crippen MR) is 94.9 cm³/mol. The van der Waals surface area contributed by atoms with E-state index >= 15 is 0 Å². The minimum absolute atomic E-state index is 0.214. The van der Waals surface area contributed by atoms with Crippen LogP contribution < -0.4 is 4.90 Å². The summed E-state index contributed by atoms with van der Waals surface area (Å²) in [6, 6.07) is 13.2. The summed E-state index contributed by atoms with van der Waals surface area (Å²) in [5.41, 5.74) is 2.29. The average molecular weight is 330 g/mol. The van der Waals surface area contributed by atoms with Crippen LogP contribution in [-0.4, -0.2) is 38.8 Å². The first-order valence-corrected chi connectivity index (χ1v) is 8.80. The van der Waals surface area contributed by atoms with Crippen molar-refractivity contribution < 1.29 is 9.13 Å². The van der Waals surface area contributed by atoms with Crippen LogP contribution in [0.2, 0.25) is 0 Å². The van der Waals surface area contributed by atoms with Crippen molar-refractivity contribution in [2.45, 2.75) is 4.90 Å². The first-order valence-electron chi connectivity index (χ1n) is 7.57. The Balaban J connectivity index is 1.78. The molecule has 0 radical (unpaired) electrons. The molecule has 0 unspecified atom stereocenters. The van der Waals surface area contributed by atoms with Gasteiger partial charge in [-0.25, -0.2) is 4.39 Å². The summed E-state index contributed by atoms with van der Waals surface area (Å²) in [6.07, 6.45) is 3.73. The fraction of sp³-hybridized carbons (Fsp3) is 0.278. The Kier molecular flexibility index (Phi) is 5.31. The number of aliphatic imine (C=N–C) groups is 1. The molecule has 3 rings (SSSR count). The number of rotatable bonds is 4. The third-order valence-electron chi connectivity index (χ3n) is 3.76. The van der Waals surface area contributed by atoms with Gasteiger partial charge in [0.15, 0.2) is 0 Å². The van der Waals surface area contributed by atoms with Crippen molar-refractivity contribution in [3.05, 3.63) is 53.8 Å². The fourth-order valence-corrected chi connectivity index (χ4v) is 3.09. The lowest BCUT2D eigenvalue weighted by molar-refractivity contribution is 0.122. The molecule has 2 aromatic carbocycles. The zero-order valence-electron chi connectivity index (χ0n) is 13.0. The maximum absolute atomic E-state index is 14.4. The predicted octanol–water partition coefficient (Wildman–Crippen LogP) is 4.13. The Hall–Kier alpha value is -1.85. The summed E-state index contributed by atoms with van der Waals surface area (Å²) in [6.45, 7) is 2.75. The van der Waals surface area contributed by atoms with Gasteiger partial charge in [-0.1, -0.05) is 18.2 Å². The Labute approximate surface area is 140 Å². The molecular formula is C18H19FN2OS. The summed E-state index contributed by atoms with van der Waals surface area (Å²) >= 11 is 1.65. The molecule has 1 aliphatic rings. The molecule has 0 N–H and O–H groups in total. The van der Waals surface area contributed by atoms with Gasteiger partial charge in [-0.15, -0.1) is 11.8 Å². The second kappa shape index (κ2) is 7.62. The molecule has 0 bridgehead atoms. The maximum Gasteiger partial charge on any atom is 0.147 e. The number of ether oxygens (including phenoxy) is 1. The molecule has 0 atom stereocenters. The maximum atomic E-state index is 14.4. The van der Waals surface area contributed by atoms with Gasteiger partial charge >= 0.3 is 0 Å². The van der Waals surface area contributed by atoms with Gasteiger partial charge in [-0.05, 0) is 36.1 Å². The van der Waals surface area contributed by atoms with Gasteiger partial charge in [0.1, 0.15) is 5.82 Å². The minimum atomic E-state index is -0.214. The number of morpholine rings is 1. The molecule has 0 spiro atoms. The van der Waals surface area contributed by atoms with E-state index in [0.29, 0.717) is 18.9 Å².